The van der Waals surface area contributed by atoms with Crippen molar-refractivity contribution in [2.24, 2.45) is 5.73 Å². The monoisotopic (exact) mass is 473 g/mol. The summed E-state index contributed by atoms with van der Waals surface area (Å²) in [7, 11) is 0. The van der Waals surface area contributed by atoms with Gasteiger partial charge < -0.3 is 21.1 Å². The molecular weight excluding hydrogens is 447 g/mol. The van der Waals surface area contributed by atoms with E-state index in [1.165, 1.54) is 0 Å². The third-order valence-electron chi connectivity index (χ3n) is 4.28. The van der Waals surface area contributed by atoms with Gasteiger partial charge in [-0.25, -0.2) is 18.0 Å². The van der Waals surface area contributed by atoms with Crippen molar-refractivity contribution in [1.29, 1.82) is 0 Å². The number of anilines is 1. The number of benzene rings is 1. The fourth-order valence-corrected chi connectivity index (χ4v) is 3.43. The average molecular weight is 474 g/mol. The molecule has 176 valence electrons. The number of nitrogens with one attached hydrogen (secondary N) is 3. The summed E-state index contributed by atoms with van der Waals surface area (Å²) in [4.78, 5) is 23.9. The molecule has 2 aromatic rings. The molecule has 2 rings (SSSR count). The smallest absolute Gasteiger partial charge is 0.319 e. The minimum Gasteiger partial charge on any atom is -0.471 e. The van der Waals surface area contributed by atoms with Crippen molar-refractivity contribution in [2.45, 2.75) is 45.8 Å². The third kappa shape index (κ3) is 7.68. The standard InChI is InChI=1S/C20H26F3N5O3S/c1-11(2)25-6-4-3-5-7-26-20(30)27-19-16(17(24)29)18(28-32-19)31-10-13-14(22)8-12(21)9-15(13)23/h8-9,11,25H,3-7,10H2,1-2H3,(H2,24,29)(H2,26,27,30). The number of primary amides is 1. The van der Waals surface area contributed by atoms with Crippen LogP contribution in [0.5, 0.6) is 5.88 Å². The zero-order valence-electron chi connectivity index (χ0n) is 17.8. The van der Waals surface area contributed by atoms with E-state index in [0.717, 1.165) is 37.3 Å². The van der Waals surface area contributed by atoms with Crippen molar-refractivity contribution in [1.82, 2.24) is 15.0 Å². The third-order valence-corrected chi connectivity index (χ3v) is 5.03. The van der Waals surface area contributed by atoms with Crippen molar-refractivity contribution >= 4 is 28.5 Å². The quantitative estimate of drug-likeness (QED) is 0.352. The second-order valence-corrected chi connectivity index (χ2v) is 8.02. The molecule has 1 aromatic heterocycles. The number of nitrogens with two attached hydrogens (primary N) is 1. The molecule has 0 aliphatic rings. The maximum atomic E-state index is 13.8. The molecule has 3 amide bonds. The first kappa shape index (κ1) is 25.4. The fourth-order valence-electron chi connectivity index (χ4n) is 2.69. The number of carbonyl (C=O) groups excluding carboxylic acids is 2. The van der Waals surface area contributed by atoms with E-state index >= 15 is 0 Å². The van der Waals surface area contributed by atoms with Crippen LogP contribution in [0.15, 0.2) is 12.1 Å². The number of amides is 3. The van der Waals surface area contributed by atoms with Crippen LogP contribution >= 0.6 is 11.5 Å². The molecule has 0 fully saturated rings. The van der Waals surface area contributed by atoms with Crippen molar-refractivity contribution < 1.29 is 27.5 Å². The second kappa shape index (κ2) is 12.2. The minimum absolute atomic E-state index is 0.0335. The van der Waals surface area contributed by atoms with E-state index in [-0.39, 0.29) is 16.4 Å². The molecule has 0 aliphatic heterocycles. The van der Waals surface area contributed by atoms with Gasteiger partial charge in [-0.15, -0.1) is 0 Å². The number of halogens is 3. The molecule has 0 saturated heterocycles. The van der Waals surface area contributed by atoms with Crippen LogP contribution in [0.3, 0.4) is 0 Å². The Morgan fingerprint density at radius 1 is 1.12 bits per heavy atom. The highest BCUT2D eigenvalue weighted by atomic mass is 32.1. The average Bonchev–Trinajstić information content (AvgIpc) is 3.08. The molecule has 0 atom stereocenters. The van der Waals surface area contributed by atoms with E-state index in [0.29, 0.717) is 24.7 Å². The van der Waals surface area contributed by atoms with Crippen molar-refractivity contribution in [2.75, 3.05) is 18.4 Å². The lowest BCUT2D eigenvalue weighted by atomic mass is 10.2. The number of urea groups is 1. The molecule has 0 radical (unpaired) electrons. The van der Waals surface area contributed by atoms with Gasteiger partial charge in [0.1, 0.15) is 34.6 Å². The number of unbranched alkanes of at least 4 members (excludes halogenated alkanes) is 2. The number of nitrogens with zero attached hydrogens (tertiary/aromatic N) is 1. The largest absolute Gasteiger partial charge is 0.471 e. The summed E-state index contributed by atoms with van der Waals surface area (Å²) < 4.78 is 49.6. The Labute approximate surface area is 187 Å². The lowest BCUT2D eigenvalue weighted by Gasteiger charge is -2.09. The first-order valence-electron chi connectivity index (χ1n) is 10.0. The van der Waals surface area contributed by atoms with Gasteiger partial charge in [0.2, 0.25) is 5.88 Å². The molecule has 0 aliphatic carbocycles. The Morgan fingerprint density at radius 2 is 1.78 bits per heavy atom. The molecule has 0 bridgehead atoms. The van der Waals surface area contributed by atoms with Crippen LogP contribution in [0.25, 0.3) is 0 Å². The van der Waals surface area contributed by atoms with Gasteiger partial charge in [0.25, 0.3) is 5.91 Å². The van der Waals surface area contributed by atoms with E-state index in [1.807, 2.05) is 0 Å². The zero-order chi connectivity index (χ0) is 23.7. The van der Waals surface area contributed by atoms with Crippen molar-refractivity contribution in [3.8, 4) is 5.88 Å². The topological polar surface area (TPSA) is 118 Å². The number of carbonyl (C=O) groups is 2. The fraction of sp³-hybridized carbons (Fsp3) is 0.450. The number of rotatable bonds is 12. The van der Waals surface area contributed by atoms with E-state index in [1.54, 1.807) is 0 Å². The molecule has 0 spiro atoms. The predicted octanol–water partition coefficient (Wildman–Crippen LogP) is 3.53. The Balaban J connectivity index is 1.90. The van der Waals surface area contributed by atoms with Crippen LogP contribution in [0, 0.1) is 17.5 Å². The van der Waals surface area contributed by atoms with E-state index < -0.39 is 41.6 Å². The molecular formula is C20H26F3N5O3S. The van der Waals surface area contributed by atoms with Gasteiger partial charge in [-0.05, 0) is 30.9 Å². The maximum Gasteiger partial charge on any atom is 0.319 e. The van der Waals surface area contributed by atoms with Gasteiger partial charge in [0.05, 0.1) is 5.56 Å². The van der Waals surface area contributed by atoms with E-state index in [4.69, 9.17) is 10.5 Å². The summed E-state index contributed by atoms with van der Waals surface area (Å²) in [5, 5.41) is 8.48. The van der Waals surface area contributed by atoms with Crippen molar-refractivity contribution in [3.05, 3.63) is 40.7 Å². The van der Waals surface area contributed by atoms with Crippen molar-refractivity contribution in [3.63, 3.8) is 0 Å². The summed E-state index contributed by atoms with van der Waals surface area (Å²) in [6, 6.07) is 0.894. The Hall–Kier alpha value is -2.86. The zero-order valence-corrected chi connectivity index (χ0v) is 18.6. The first-order valence-corrected chi connectivity index (χ1v) is 10.8. The van der Waals surface area contributed by atoms with Crippen LogP contribution in [0.2, 0.25) is 0 Å². The van der Waals surface area contributed by atoms with Gasteiger partial charge in [0, 0.05) is 24.7 Å². The highest BCUT2D eigenvalue weighted by Crippen LogP contribution is 2.31. The van der Waals surface area contributed by atoms with Gasteiger partial charge in [0.15, 0.2) is 0 Å². The van der Waals surface area contributed by atoms with Gasteiger partial charge in [-0.1, -0.05) is 20.3 Å². The van der Waals surface area contributed by atoms with E-state index in [2.05, 4.69) is 34.2 Å². The van der Waals surface area contributed by atoms with Crippen LogP contribution in [0.4, 0.5) is 23.0 Å². The minimum atomic E-state index is -1.14. The number of hydrogen-bond donors (Lipinski definition) is 4. The Bertz CT molecular complexity index is 916. The molecule has 8 nitrogen and oxygen atoms in total. The molecule has 0 unspecified atom stereocenters. The van der Waals surface area contributed by atoms with Crippen LogP contribution < -0.4 is 26.4 Å². The van der Waals surface area contributed by atoms with Gasteiger partial charge in [-0.3, -0.25) is 10.1 Å². The molecule has 0 saturated carbocycles. The van der Waals surface area contributed by atoms with Crippen LogP contribution in [0.1, 0.15) is 49.0 Å². The Kier molecular flexibility index (Phi) is 9.72. The maximum absolute atomic E-state index is 13.8. The predicted molar refractivity (Wildman–Crippen MR) is 115 cm³/mol. The summed E-state index contributed by atoms with van der Waals surface area (Å²) >= 11 is 0.728. The lowest BCUT2D eigenvalue weighted by molar-refractivity contribution is 0.0996. The molecule has 5 N–H and O–H groups in total. The highest BCUT2D eigenvalue weighted by Gasteiger charge is 2.23. The van der Waals surface area contributed by atoms with E-state index in [9.17, 15) is 22.8 Å². The first-order chi connectivity index (χ1) is 15.2. The lowest BCUT2D eigenvalue weighted by Crippen LogP contribution is -2.30. The molecule has 32 heavy (non-hydrogen) atoms. The second-order valence-electron chi connectivity index (χ2n) is 7.24. The normalized spacial score (nSPS) is 10.9. The summed E-state index contributed by atoms with van der Waals surface area (Å²) in [6.07, 6.45) is 2.70. The summed E-state index contributed by atoms with van der Waals surface area (Å²) in [5.74, 6) is -4.59. The SMILES string of the molecule is CC(C)NCCCCCNC(=O)Nc1snc(OCc2c(F)cc(F)cc2F)c1C(N)=O. The van der Waals surface area contributed by atoms with Gasteiger partial charge in [-0.2, -0.15) is 4.37 Å². The Morgan fingerprint density at radius 3 is 2.41 bits per heavy atom. The van der Waals surface area contributed by atoms with Crippen LogP contribution in [-0.2, 0) is 6.61 Å². The number of aromatic nitrogens is 1. The van der Waals surface area contributed by atoms with Gasteiger partial charge >= 0.3 is 6.03 Å². The number of ether oxygens (including phenoxy) is 1. The molecule has 1 aromatic carbocycles. The molecule has 12 heteroatoms. The van der Waals surface area contributed by atoms with Crippen LogP contribution in [-0.4, -0.2) is 35.4 Å². The number of hydrogen-bond acceptors (Lipinski definition) is 6. The summed E-state index contributed by atoms with van der Waals surface area (Å²) in [5.41, 5.74) is 4.58. The molecule has 1 heterocycles. The highest BCUT2D eigenvalue weighted by molar-refractivity contribution is 7.11. The summed E-state index contributed by atoms with van der Waals surface area (Å²) in [6.45, 7) is 4.83.